The van der Waals surface area contributed by atoms with Crippen molar-refractivity contribution < 1.29 is 4.79 Å². The van der Waals surface area contributed by atoms with Crippen molar-refractivity contribution in [3.05, 3.63) is 12.3 Å². The molecule has 3 nitrogen and oxygen atoms in total. The number of Topliss-reactive ketones (excluding diaryl/α,β-unsaturated/α-hetero) is 1. The predicted octanol–water partition coefficient (Wildman–Crippen LogP) is 13.7. The van der Waals surface area contributed by atoms with Gasteiger partial charge in [0.2, 0.25) is 0 Å². The molecule has 3 heteroatoms. The largest absolute Gasteiger partial charge is 0.310 e. The van der Waals surface area contributed by atoms with E-state index in [-0.39, 0.29) is 0 Å². The molecule has 0 saturated carbocycles. The molecule has 0 aliphatic rings. The molecule has 0 rings (SSSR count). The Hall–Kier alpha value is -0.830. The molecular weight excluding hydrogens is 536 g/mol. The highest BCUT2D eigenvalue weighted by Gasteiger charge is 2.18. The van der Waals surface area contributed by atoms with Crippen molar-refractivity contribution in [3.8, 4) is 0 Å². The van der Waals surface area contributed by atoms with Crippen LogP contribution >= 0.6 is 0 Å². The smallest absolute Gasteiger partial charge is 0.133 e. The number of allylic oxidation sites excluding steroid dienone is 1. The lowest BCUT2D eigenvalue weighted by molar-refractivity contribution is -0.120. The molecule has 0 aromatic rings. The molecule has 0 radical (unpaired) electrons. The Labute approximate surface area is 278 Å². The number of ketones is 1. The van der Waals surface area contributed by atoms with E-state index in [1.165, 1.54) is 179 Å². The third kappa shape index (κ3) is 26.4. The lowest BCUT2D eigenvalue weighted by Crippen LogP contribution is -2.42. The van der Waals surface area contributed by atoms with E-state index in [1.54, 1.807) is 0 Å². The summed E-state index contributed by atoms with van der Waals surface area (Å²) in [4.78, 5) is 12.7. The van der Waals surface area contributed by atoms with Crippen LogP contribution in [0.2, 0.25) is 0 Å². The van der Waals surface area contributed by atoms with E-state index in [2.05, 4.69) is 51.8 Å². The second-order valence-electron chi connectivity index (χ2n) is 14.1. The summed E-state index contributed by atoms with van der Waals surface area (Å²) in [5.74, 6) is 1.17. The van der Waals surface area contributed by atoms with Crippen LogP contribution in [0.15, 0.2) is 12.3 Å². The van der Waals surface area contributed by atoms with Gasteiger partial charge in [-0.25, -0.2) is 5.43 Å². The highest BCUT2D eigenvalue weighted by atomic mass is 16.1. The molecule has 0 aliphatic carbocycles. The van der Waals surface area contributed by atoms with Crippen molar-refractivity contribution in [1.29, 1.82) is 0 Å². The minimum atomic E-state index is 0.532. The topological polar surface area (TPSA) is 32.3 Å². The summed E-state index contributed by atoms with van der Waals surface area (Å²) in [5.41, 5.74) is 4.85. The molecule has 2 atom stereocenters. The molecule has 0 aliphatic heterocycles. The van der Waals surface area contributed by atoms with Crippen LogP contribution in [0.4, 0.5) is 0 Å². The van der Waals surface area contributed by atoms with Crippen LogP contribution in [0.25, 0.3) is 0 Å². The average Bonchev–Trinajstić information content (AvgIpc) is 3.02. The SMILES string of the molecule is C=C(CCCCCCCC)N(NC)C(CCCCCCCCC)CCCCCCCCC(=O)CC(CCCC)CCCCC. The van der Waals surface area contributed by atoms with Gasteiger partial charge in [-0.05, 0) is 38.0 Å². The highest BCUT2D eigenvalue weighted by molar-refractivity contribution is 5.78. The Kier molecular flexibility index (Phi) is 32.9. The summed E-state index contributed by atoms with van der Waals surface area (Å²) >= 11 is 0. The van der Waals surface area contributed by atoms with Gasteiger partial charge in [0.1, 0.15) is 5.78 Å². The maximum absolute atomic E-state index is 12.7. The normalized spacial score (nSPS) is 12.8. The zero-order chi connectivity index (χ0) is 32.5. The van der Waals surface area contributed by atoms with Crippen molar-refractivity contribution in [2.75, 3.05) is 7.05 Å². The summed E-state index contributed by atoms with van der Waals surface area (Å²) in [6.45, 7) is 13.7. The van der Waals surface area contributed by atoms with Crippen LogP contribution in [0, 0.1) is 5.92 Å². The molecular formula is C41H82N2O. The highest BCUT2D eigenvalue weighted by Crippen LogP contribution is 2.24. The van der Waals surface area contributed by atoms with E-state index in [0.29, 0.717) is 17.7 Å². The van der Waals surface area contributed by atoms with E-state index >= 15 is 0 Å². The Morgan fingerprint density at radius 3 is 1.41 bits per heavy atom. The van der Waals surface area contributed by atoms with Gasteiger partial charge >= 0.3 is 0 Å². The Morgan fingerprint density at radius 2 is 0.909 bits per heavy atom. The van der Waals surface area contributed by atoms with Crippen molar-refractivity contribution in [1.82, 2.24) is 10.4 Å². The molecule has 0 saturated heterocycles. The summed E-state index contributed by atoms with van der Waals surface area (Å²) in [6.07, 6.45) is 39.5. The lowest BCUT2D eigenvalue weighted by Gasteiger charge is -2.35. The van der Waals surface area contributed by atoms with Gasteiger partial charge < -0.3 is 5.01 Å². The van der Waals surface area contributed by atoms with Gasteiger partial charge in [0.15, 0.2) is 0 Å². The minimum absolute atomic E-state index is 0.532. The average molecular weight is 619 g/mol. The van der Waals surface area contributed by atoms with Crippen molar-refractivity contribution >= 4 is 5.78 Å². The first kappa shape index (κ1) is 43.2. The zero-order valence-corrected chi connectivity index (χ0v) is 31.1. The third-order valence-electron chi connectivity index (χ3n) is 9.85. The molecule has 0 heterocycles. The molecule has 0 spiro atoms. The molecule has 1 N–H and O–H groups in total. The maximum Gasteiger partial charge on any atom is 0.133 e. The van der Waals surface area contributed by atoms with Gasteiger partial charge in [-0.3, -0.25) is 4.79 Å². The van der Waals surface area contributed by atoms with Crippen LogP contribution in [0.5, 0.6) is 0 Å². The fourth-order valence-electron chi connectivity index (χ4n) is 6.93. The first-order valence-electron chi connectivity index (χ1n) is 20.2. The fourth-order valence-corrected chi connectivity index (χ4v) is 6.93. The summed E-state index contributed by atoms with van der Waals surface area (Å²) in [7, 11) is 2.10. The van der Waals surface area contributed by atoms with E-state index in [1.807, 2.05) is 0 Å². The second kappa shape index (κ2) is 33.5. The Balaban J connectivity index is 4.46. The number of carbonyl (C=O) groups is 1. The standard InChI is InChI=1S/C41H82N2O/c1-7-11-15-17-19-23-28-34-40(43(42-6)38(5)31-27-22-18-16-12-8-2)35-29-24-20-21-25-30-36-41(44)37-39(32-14-10-4)33-26-13-9-3/h39-40,42H,5,7-37H2,1-4,6H3. The first-order chi connectivity index (χ1) is 21.5. The molecule has 0 amide bonds. The van der Waals surface area contributed by atoms with Crippen molar-refractivity contribution in [2.45, 2.75) is 233 Å². The number of unbranched alkanes of at least 4 members (excludes halogenated alkanes) is 19. The van der Waals surface area contributed by atoms with Gasteiger partial charge in [0, 0.05) is 31.6 Å². The number of nitrogens with zero attached hydrogens (tertiary/aromatic N) is 1. The van der Waals surface area contributed by atoms with Gasteiger partial charge in [-0.1, -0.05) is 188 Å². The Morgan fingerprint density at radius 1 is 0.523 bits per heavy atom. The molecule has 0 aromatic heterocycles. The van der Waals surface area contributed by atoms with Gasteiger partial charge in [0.05, 0.1) is 0 Å². The number of carbonyl (C=O) groups excluding carboxylic acids is 1. The lowest BCUT2D eigenvalue weighted by atomic mass is 9.89. The summed E-state index contributed by atoms with van der Waals surface area (Å²) < 4.78 is 0. The number of hydrogen-bond acceptors (Lipinski definition) is 3. The molecule has 2 unspecified atom stereocenters. The predicted molar refractivity (Wildman–Crippen MR) is 198 cm³/mol. The van der Waals surface area contributed by atoms with Crippen molar-refractivity contribution in [3.63, 3.8) is 0 Å². The van der Waals surface area contributed by atoms with E-state index < -0.39 is 0 Å². The maximum atomic E-state index is 12.7. The molecule has 0 fully saturated rings. The monoisotopic (exact) mass is 619 g/mol. The van der Waals surface area contributed by atoms with Gasteiger partial charge in [0.25, 0.3) is 0 Å². The molecule has 0 bridgehead atoms. The van der Waals surface area contributed by atoms with E-state index in [4.69, 9.17) is 0 Å². The van der Waals surface area contributed by atoms with Crippen LogP contribution in [-0.4, -0.2) is 23.9 Å². The number of nitrogens with one attached hydrogen (secondary N) is 1. The van der Waals surface area contributed by atoms with E-state index in [9.17, 15) is 4.79 Å². The summed E-state index contributed by atoms with van der Waals surface area (Å²) in [5, 5.41) is 2.45. The van der Waals surface area contributed by atoms with Gasteiger partial charge in [-0.15, -0.1) is 0 Å². The molecule has 262 valence electrons. The number of hydrazine groups is 1. The van der Waals surface area contributed by atoms with Crippen LogP contribution < -0.4 is 5.43 Å². The van der Waals surface area contributed by atoms with Crippen molar-refractivity contribution in [2.24, 2.45) is 5.92 Å². The van der Waals surface area contributed by atoms with Gasteiger partial charge in [-0.2, -0.15) is 0 Å². The minimum Gasteiger partial charge on any atom is -0.310 e. The van der Waals surface area contributed by atoms with Crippen LogP contribution in [0.1, 0.15) is 227 Å². The summed E-state index contributed by atoms with van der Waals surface area (Å²) in [6, 6.07) is 0.568. The Bertz CT molecular complexity index is 618. The molecule has 0 aromatic carbocycles. The first-order valence-corrected chi connectivity index (χ1v) is 20.2. The molecule has 44 heavy (non-hydrogen) atoms. The number of rotatable bonds is 36. The fraction of sp³-hybridized carbons (Fsp3) is 0.927. The van der Waals surface area contributed by atoms with Crippen LogP contribution in [0.3, 0.4) is 0 Å². The zero-order valence-electron chi connectivity index (χ0n) is 31.1. The van der Waals surface area contributed by atoms with E-state index in [0.717, 1.165) is 25.7 Å². The number of hydrogen-bond donors (Lipinski definition) is 1. The van der Waals surface area contributed by atoms with Crippen LogP contribution in [-0.2, 0) is 4.79 Å². The quantitative estimate of drug-likeness (QED) is 0.0560. The second-order valence-corrected chi connectivity index (χ2v) is 14.1. The third-order valence-corrected chi connectivity index (χ3v) is 9.85.